The molecule has 3 heterocycles. The fourth-order valence-corrected chi connectivity index (χ4v) is 7.03. The lowest BCUT2D eigenvalue weighted by Gasteiger charge is -2.34. The van der Waals surface area contributed by atoms with E-state index in [2.05, 4.69) is 110 Å². The van der Waals surface area contributed by atoms with Gasteiger partial charge < -0.3 is 24.3 Å². The van der Waals surface area contributed by atoms with Crippen LogP contribution >= 0.6 is 0 Å². The number of hydrogen-bond acceptors (Lipinski definition) is 5. The Kier molecular flexibility index (Phi) is 10.1. The average Bonchev–Trinajstić information content (AvgIpc) is 3.74. The number of rotatable bonds is 13. The van der Waals surface area contributed by atoms with E-state index in [-0.39, 0.29) is 11.8 Å². The highest BCUT2D eigenvalue weighted by molar-refractivity contribution is 5.94. The summed E-state index contributed by atoms with van der Waals surface area (Å²) >= 11 is 0. The van der Waals surface area contributed by atoms with Crippen molar-refractivity contribution in [3.05, 3.63) is 150 Å². The van der Waals surface area contributed by atoms with Crippen LogP contribution in [0.25, 0.3) is 11.0 Å². The number of likely N-dealkylation sites (tertiary alicyclic amines) is 1. The molecule has 0 saturated carbocycles. The zero-order chi connectivity index (χ0) is 33.4. The van der Waals surface area contributed by atoms with Gasteiger partial charge in [0.05, 0.1) is 17.6 Å². The number of para-hydroxylation sites is 2. The van der Waals surface area contributed by atoms with Crippen molar-refractivity contribution in [1.29, 1.82) is 0 Å². The van der Waals surface area contributed by atoms with Crippen LogP contribution in [0.1, 0.15) is 52.5 Å². The van der Waals surface area contributed by atoms with E-state index >= 15 is 0 Å². The number of carbonyl (C=O) groups excluding carboxylic acids is 1. The van der Waals surface area contributed by atoms with Crippen LogP contribution in [0.2, 0.25) is 0 Å². The number of anilines is 1. The molecular weight excluding hydrogens is 606 g/mol. The van der Waals surface area contributed by atoms with Crippen molar-refractivity contribution in [2.45, 2.75) is 44.3 Å². The Balaban J connectivity index is 0.982. The number of piperidine rings is 1. The highest BCUT2D eigenvalue weighted by Crippen LogP contribution is 2.26. The van der Waals surface area contributed by atoms with Crippen LogP contribution in [-0.4, -0.2) is 74.1 Å². The third-order valence-electron chi connectivity index (χ3n) is 9.80. The summed E-state index contributed by atoms with van der Waals surface area (Å²) in [5.41, 5.74) is 5.38. The first kappa shape index (κ1) is 32.3. The molecule has 1 atom stereocenters. The number of carbonyl (C=O) groups is 1. The molecule has 0 bridgehead atoms. The molecule has 1 fully saturated rings. The lowest BCUT2D eigenvalue weighted by molar-refractivity contribution is 0.0782. The number of imidazole rings is 2. The van der Waals surface area contributed by atoms with Gasteiger partial charge >= 0.3 is 0 Å². The molecule has 7 rings (SSSR count). The third kappa shape index (κ3) is 7.92. The van der Waals surface area contributed by atoms with Crippen molar-refractivity contribution in [1.82, 2.24) is 28.9 Å². The van der Waals surface area contributed by atoms with Crippen LogP contribution in [0.3, 0.4) is 0 Å². The third-order valence-corrected chi connectivity index (χ3v) is 9.80. The first-order chi connectivity index (χ1) is 24.1. The maximum Gasteiger partial charge on any atom is 0.253 e. The quantitative estimate of drug-likeness (QED) is 0.144. The van der Waals surface area contributed by atoms with E-state index in [0.717, 1.165) is 73.8 Å². The number of aromatic nitrogens is 4. The van der Waals surface area contributed by atoms with Crippen molar-refractivity contribution in [2.75, 3.05) is 38.5 Å². The zero-order valence-electron chi connectivity index (χ0n) is 28.2. The Labute approximate surface area is 289 Å². The smallest absolute Gasteiger partial charge is 0.253 e. The molecule has 0 aliphatic carbocycles. The van der Waals surface area contributed by atoms with Gasteiger partial charge in [0.2, 0.25) is 5.95 Å². The summed E-state index contributed by atoms with van der Waals surface area (Å²) in [6, 6.07) is 39.5. The number of benzene rings is 4. The molecule has 1 amide bonds. The van der Waals surface area contributed by atoms with Gasteiger partial charge in [-0.15, -0.1) is 0 Å². The van der Waals surface area contributed by atoms with Gasteiger partial charge in [-0.25, -0.2) is 9.97 Å². The van der Waals surface area contributed by atoms with E-state index < -0.39 is 0 Å². The van der Waals surface area contributed by atoms with Crippen molar-refractivity contribution < 1.29 is 4.79 Å². The number of hydrogen-bond donors (Lipinski definition) is 1. The van der Waals surface area contributed by atoms with Crippen LogP contribution in [0.4, 0.5) is 5.95 Å². The van der Waals surface area contributed by atoms with Gasteiger partial charge in [0.25, 0.3) is 5.91 Å². The van der Waals surface area contributed by atoms with Crippen molar-refractivity contribution in [3.63, 3.8) is 0 Å². The number of nitrogens with zero attached hydrogens (tertiary/aromatic N) is 6. The van der Waals surface area contributed by atoms with E-state index in [1.165, 1.54) is 11.1 Å². The first-order valence-corrected chi connectivity index (χ1v) is 17.4. The molecule has 1 saturated heterocycles. The molecule has 1 aliphatic heterocycles. The van der Waals surface area contributed by atoms with Crippen LogP contribution in [0.5, 0.6) is 0 Å². The summed E-state index contributed by atoms with van der Waals surface area (Å²) in [7, 11) is 1.92. The average molecular weight is 652 g/mol. The summed E-state index contributed by atoms with van der Waals surface area (Å²) < 4.78 is 4.51. The van der Waals surface area contributed by atoms with Gasteiger partial charge in [0.15, 0.2) is 0 Å². The number of nitrogens with one attached hydrogen (secondary N) is 1. The summed E-state index contributed by atoms with van der Waals surface area (Å²) in [5, 5.41) is 3.83. The molecule has 0 radical (unpaired) electrons. The van der Waals surface area contributed by atoms with Crippen molar-refractivity contribution in [3.8, 4) is 0 Å². The predicted molar refractivity (Wildman–Crippen MR) is 197 cm³/mol. The molecule has 1 aliphatic rings. The van der Waals surface area contributed by atoms with E-state index in [4.69, 9.17) is 9.97 Å². The van der Waals surface area contributed by atoms with Crippen LogP contribution in [-0.2, 0) is 13.1 Å². The highest BCUT2D eigenvalue weighted by Gasteiger charge is 2.24. The largest absolute Gasteiger partial charge is 0.353 e. The second-order valence-corrected chi connectivity index (χ2v) is 13.2. The normalized spacial score (nSPS) is 14.6. The van der Waals surface area contributed by atoms with E-state index in [1.54, 1.807) is 0 Å². The van der Waals surface area contributed by atoms with E-state index in [0.29, 0.717) is 19.1 Å². The van der Waals surface area contributed by atoms with E-state index in [1.807, 2.05) is 48.5 Å². The van der Waals surface area contributed by atoms with Crippen LogP contribution in [0, 0.1) is 0 Å². The second-order valence-electron chi connectivity index (χ2n) is 13.2. The summed E-state index contributed by atoms with van der Waals surface area (Å²) in [4.78, 5) is 27.4. The molecule has 2 aromatic heterocycles. The standard InChI is InChI=1S/C41H45N7O/c1-45(40(49)34-17-9-4-10-18-34)30-35(33-15-7-3-8-16-33)21-25-46-26-22-36(23-27-46)43-41-44-37-19-11-12-20-38(37)48(41)31-39-42-24-28-47(39)29-32-13-5-2-6-14-32/h2-20,24,28,35-36H,21-23,25-27,29-31H2,1H3,(H,43,44). The van der Waals surface area contributed by atoms with Gasteiger partial charge in [0.1, 0.15) is 5.82 Å². The Hall–Kier alpha value is -5.21. The van der Waals surface area contributed by atoms with Crippen molar-refractivity contribution in [2.24, 2.45) is 0 Å². The van der Waals surface area contributed by atoms with Crippen LogP contribution in [0.15, 0.2) is 128 Å². The maximum atomic E-state index is 13.2. The topological polar surface area (TPSA) is 71.2 Å². The Morgan fingerprint density at radius 3 is 2.29 bits per heavy atom. The molecule has 4 aromatic carbocycles. The summed E-state index contributed by atoms with van der Waals surface area (Å²) in [5.74, 6) is 2.25. The molecule has 1 N–H and O–H groups in total. The summed E-state index contributed by atoms with van der Waals surface area (Å²) in [6.45, 7) is 5.18. The van der Waals surface area contributed by atoms with Gasteiger partial charge in [-0.1, -0.05) is 91.0 Å². The minimum Gasteiger partial charge on any atom is -0.353 e. The predicted octanol–water partition coefficient (Wildman–Crippen LogP) is 7.15. The molecule has 1 unspecified atom stereocenters. The van der Waals surface area contributed by atoms with Gasteiger partial charge in [-0.05, 0) is 61.2 Å². The lowest BCUT2D eigenvalue weighted by Crippen LogP contribution is -2.40. The van der Waals surface area contributed by atoms with Gasteiger partial charge in [-0.2, -0.15) is 0 Å². The molecule has 8 heteroatoms. The zero-order valence-corrected chi connectivity index (χ0v) is 28.2. The minimum absolute atomic E-state index is 0.0691. The maximum absolute atomic E-state index is 13.2. The summed E-state index contributed by atoms with van der Waals surface area (Å²) in [6.07, 6.45) is 7.05. The van der Waals surface area contributed by atoms with Gasteiger partial charge in [-0.3, -0.25) is 4.79 Å². The number of amides is 1. The number of fused-ring (bicyclic) bond motifs is 1. The fraction of sp³-hybridized carbons (Fsp3) is 0.293. The molecule has 6 aromatic rings. The fourth-order valence-electron chi connectivity index (χ4n) is 7.03. The lowest BCUT2D eigenvalue weighted by atomic mass is 9.94. The molecular formula is C41H45N7O. The minimum atomic E-state index is 0.0691. The highest BCUT2D eigenvalue weighted by atomic mass is 16.2. The Bertz CT molecular complexity index is 1930. The Morgan fingerprint density at radius 1 is 0.857 bits per heavy atom. The second kappa shape index (κ2) is 15.3. The van der Waals surface area contributed by atoms with Gasteiger partial charge in [0, 0.05) is 63.1 Å². The van der Waals surface area contributed by atoms with E-state index in [9.17, 15) is 4.79 Å². The monoisotopic (exact) mass is 651 g/mol. The Morgan fingerprint density at radius 2 is 1.53 bits per heavy atom. The van der Waals surface area contributed by atoms with Crippen LogP contribution < -0.4 is 5.32 Å². The number of likely N-dealkylation sites (N-methyl/N-ethyl adjacent to an activating group) is 1. The van der Waals surface area contributed by atoms with Crippen molar-refractivity contribution >= 4 is 22.9 Å². The molecule has 250 valence electrons. The molecule has 8 nitrogen and oxygen atoms in total. The first-order valence-electron chi connectivity index (χ1n) is 17.4. The SMILES string of the molecule is CN(CC(CCN1CCC(Nc2nc3ccccc3n2Cc2nccn2Cc2ccccc2)CC1)c1ccccc1)C(=O)c1ccccc1. The molecule has 0 spiro atoms. The molecule has 49 heavy (non-hydrogen) atoms.